The first-order valence-electron chi connectivity index (χ1n) is 6.86. The van der Waals surface area contributed by atoms with E-state index < -0.39 is 0 Å². The maximum absolute atomic E-state index is 12.7. The van der Waals surface area contributed by atoms with Gasteiger partial charge in [0.05, 0.1) is 0 Å². The molecule has 0 aliphatic carbocycles. The monoisotopic (exact) mass is 263 g/mol. The smallest absolute Gasteiger partial charge is 0.244 e. The first-order valence-corrected chi connectivity index (χ1v) is 6.86. The Morgan fingerprint density at radius 1 is 1.32 bits per heavy atom. The molecule has 1 atom stereocenters. The standard InChI is InChI=1S/C16H22FNO/c1-3-4-5-6-13(2)18-16(19)12-9-14-7-10-15(17)11-8-14/h7-13H,3-6H2,1-2H3,(H,18,19)/b12-9+. The normalized spacial score (nSPS) is 12.6. The summed E-state index contributed by atoms with van der Waals surface area (Å²) in [6.07, 6.45) is 7.71. The number of carbonyl (C=O) groups excluding carboxylic acids is 1. The van der Waals surface area contributed by atoms with E-state index in [-0.39, 0.29) is 17.8 Å². The van der Waals surface area contributed by atoms with Crippen molar-refractivity contribution in [2.24, 2.45) is 0 Å². The highest BCUT2D eigenvalue weighted by Crippen LogP contribution is 2.05. The highest BCUT2D eigenvalue weighted by Gasteiger charge is 2.03. The van der Waals surface area contributed by atoms with Crippen molar-refractivity contribution in [2.75, 3.05) is 0 Å². The van der Waals surface area contributed by atoms with Gasteiger partial charge in [0.15, 0.2) is 0 Å². The molecule has 104 valence electrons. The molecule has 0 heterocycles. The van der Waals surface area contributed by atoms with Crippen molar-refractivity contribution in [1.29, 1.82) is 0 Å². The van der Waals surface area contributed by atoms with Crippen molar-refractivity contribution in [3.63, 3.8) is 0 Å². The van der Waals surface area contributed by atoms with Crippen molar-refractivity contribution >= 4 is 12.0 Å². The lowest BCUT2D eigenvalue weighted by Crippen LogP contribution is -2.30. The molecule has 0 saturated heterocycles. The Bertz CT molecular complexity index is 411. The molecule has 0 bridgehead atoms. The summed E-state index contributed by atoms with van der Waals surface area (Å²) >= 11 is 0. The van der Waals surface area contributed by atoms with Gasteiger partial charge in [0.2, 0.25) is 5.91 Å². The molecule has 1 aromatic rings. The average Bonchev–Trinajstić information content (AvgIpc) is 2.38. The van der Waals surface area contributed by atoms with Gasteiger partial charge < -0.3 is 5.32 Å². The van der Waals surface area contributed by atoms with Crippen LogP contribution in [0.15, 0.2) is 30.3 Å². The minimum Gasteiger partial charge on any atom is -0.350 e. The van der Waals surface area contributed by atoms with Crippen LogP contribution in [-0.2, 0) is 4.79 Å². The fourth-order valence-corrected chi connectivity index (χ4v) is 1.81. The summed E-state index contributed by atoms with van der Waals surface area (Å²) < 4.78 is 12.7. The summed E-state index contributed by atoms with van der Waals surface area (Å²) in [5, 5.41) is 2.92. The third kappa shape index (κ3) is 6.75. The molecule has 19 heavy (non-hydrogen) atoms. The van der Waals surface area contributed by atoms with Crippen LogP contribution in [0.1, 0.15) is 45.1 Å². The quantitative estimate of drug-likeness (QED) is 0.586. The third-order valence-electron chi connectivity index (χ3n) is 2.93. The summed E-state index contributed by atoms with van der Waals surface area (Å²) in [5.74, 6) is -0.375. The van der Waals surface area contributed by atoms with Crippen LogP contribution in [0, 0.1) is 5.82 Å². The fraction of sp³-hybridized carbons (Fsp3) is 0.438. The Hall–Kier alpha value is -1.64. The van der Waals surface area contributed by atoms with Crippen LogP contribution in [0.5, 0.6) is 0 Å². The van der Waals surface area contributed by atoms with Gasteiger partial charge in [-0.15, -0.1) is 0 Å². The van der Waals surface area contributed by atoms with E-state index in [0.717, 1.165) is 18.4 Å². The van der Waals surface area contributed by atoms with Crippen LogP contribution in [-0.4, -0.2) is 11.9 Å². The van der Waals surface area contributed by atoms with Crippen LogP contribution in [0.2, 0.25) is 0 Å². The van der Waals surface area contributed by atoms with Crippen molar-refractivity contribution in [1.82, 2.24) is 5.32 Å². The van der Waals surface area contributed by atoms with Gasteiger partial charge in [-0.05, 0) is 37.1 Å². The first-order chi connectivity index (χ1) is 9.11. The van der Waals surface area contributed by atoms with Gasteiger partial charge in [-0.2, -0.15) is 0 Å². The van der Waals surface area contributed by atoms with E-state index in [1.54, 1.807) is 18.2 Å². The molecule has 0 aromatic heterocycles. The zero-order valence-corrected chi connectivity index (χ0v) is 11.7. The van der Waals surface area contributed by atoms with Gasteiger partial charge in [0.25, 0.3) is 0 Å². The topological polar surface area (TPSA) is 29.1 Å². The molecule has 2 nitrogen and oxygen atoms in total. The first kappa shape index (κ1) is 15.4. The molecule has 0 fully saturated rings. The second kappa shape index (κ2) is 8.46. The zero-order chi connectivity index (χ0) is 14.1. The molecular weight excluding hydrogens is 241 g/mol. The molecular formula is C16H22FNO. The lowest BCUT2D eigenvalue weighted by Gasteiger charge is -2.11. The van der Waals surface area contributed by atoms with Crippen molar-refractivity contribution in [2.45, 2.75) is 45.6 Å². The van der Waals surface area contributed by atoms with Gasteiger partial charge >= 0.3 is 0 Å². The zero-order valence-electron chi connectivity index (χ0n) is 11.7. The number of hydrogen-bond acceptors (Lipinski definition) is 1. The Kier molecular flexibility index (Phi) is 6.86. The number of carbonyl (C=O) groups is 1. The Morgan fingerprint density at radius 2 is 2.00 bits per heavy atom. The number of nitrogens with one attached hydrogen (secondary N) is 1. The fourth-order valence-electron chi connectivity index (χ4n) is 1.81. The van der Waals surface area contributed by atoms with Gasteiger partial charge in [-0.3, -0.25) is 4.79 Å². The summed E-state index contributed by atoms with van der Waals surface area (Å²) in [6, 6.07) is 6.24. The number of halogens is 1. The molecule has 0 aliphatic heterocycles. The van der Waals surface area contributed by atoms with E-state index in [4.69, 9.17) is 0 Å². The SMILES string of the molecule is CCCCCC(C)NC(=O)/C=C/c1ccc(F)cc1. The number of benzene rings is 1. The van der Waals surface area contributed by atoms with E-state index in [0.29, 0.717) is 0 Å². The number of unbranched alkanes of at least 4 members (excludes halogenated alkanes) is 2. The molecule has 1 N–H and O–H groups in total. The van der Waals surface area contributed by atoms with Crippen LogP contribution < -0.4 is 5.32 Å². The summed E-state index contributed by atoms with van der Waals surface area (Å²) in [4.78, 5) is 11.7. The second-order valence-corrected chi connectivity index (χ2v) is 4.79. The van der Waals surface area contributed by atoms with E-state index >= 15 is 0 Å². The van der Waals surface area contributed by atoms with Crippen molar-refractivity contribution in [3.8, 4) is 0 Å². The number of rotatable bonds is 7. The largest absolute Gasteiger partial charge is 0.350 e. The molecule has 3 heteroatoms. The predicted molar refractivity (Wildman–Crippen MR) is 77.2 cm³/mol. The molecule has 1 amide bonds. The highest BCUT2D eigenvalue weighted by atomic mass is 19.1. The van der Waals surface area contributed by atoms with Gasteiger partial charge in [-0.1, -0.05) is 38.3 Å². The van der Waals surface area contributed by atoms with Crippen molar-refractivity contribution in [3.05, 3.63) is 41.7 Å². The molecule has 1 unspecified atom stereocenters. The molecule has 0 aliphatic rings. The summed E-state index contributed by atoms with van der Waals surface area (Å²) in [6.45, 7) is 4.17. The minimum atomic E-state index is -0.272. The number of hydrogen-bond donors (Lipinski definition) is 1. The van der Waals surface area contributed by atoms with Crippen LogP contribution in [0.25, 0.3) is 6.08 Å². The van der Waals surface area contributed by atoms with E-state index in [1.165, 1.54) is 31.1 Å². The molecule has 1 rings (SSSR count). The average molecular weight is 263 g/mol. The Labute approximate surface area is 114 Å². The van der Waals surface area contributed by atoms with Gasteiger partial charge in [0.1, 0.15) is 5.82 Å². The van der Waals surface area contributed by atoms with Gasteiger partial charge in [-0.25, -0.2) is 4.39 Å². The lowest BCUT2D eigenvalue weighted by molar-refractivity contribution is -0.117. The third-order valence-corrected chi connectivity index (χ3v) is 2.93. The summed E-state index contributed by atoms with van der Waals surface area (Å²) in [5.41, 5.74) is 0.815. The van der Waals surface area contributed by atoms with Crippen molar-refractivity contribution < 1.29 is 9.18 Å². The maximum atomic E-state index is 12.7. The lowest BCUT2D eigenvalue weighted by atomic mass is 10.1. The Balaban J connectivity index is 2.35. The van der Waals surface area contributed by atoms with Crippen LogP contribution in [0.3, 0.4) is 0 Å². The molecule has 0 saturated carbocycles. The highest BCUT2D eigenvalue weighted by molar-refractivity contribution is 5.91. The molecule has 1 aromatic carbocycles. The second-order valence-electron chi connectivity index (χ2n) is 4.79. The van der Waals surface area contributed by atoms with Gasteiger partial charge in [0, 0.05) is 12.1 Å². The van der Waals surface area contributed by atoms with E-state index in [9.17, 15) is 9.18 Å². The number of amides is 1. The molecule has 0 radical (unpaired) electrons. The van der Waals surface area contributed by atoms with Crippen LogP contribution >= 0.6 is 0 Å². The van der Waals surface area contributed by atoms with E-state index in [2.05, 4.69) is 12.2 Å². The van der Waals surface area contributed by atoms with E-state index in [1.807, 2.05) is 6.92 Å². The Morgan fingerprint density at radius 3 is 2.63 bits per heavy atom. The maximum Gasteiger partial charge on any atom is 0.244 e. The van der Waals surface area contributed by atoms with Crippen LogP contribution in [0.4, 0.5) is 4.39 Å². The molecule has 0 spiro atoms. The summed E-state index contributed by atoms with van der Waals surface area (Å²) in [7, 11) is 0. The predicted octanol–water partition coefficient (Wildman–Crippen LogP) is 3.92. The minimum absolute atomic E-state index is 0.103.